The van der Waals surface area contributed by atoms with Gasteiger partial charge in [-0.1, -0.05) is 6.07 Å². The largest absolute Gasteiger partial charge is 0.479 e. The zero-order valence-corrected chi connectivity index (χ0v) is 9.33. The molecule has 3 rings (SSSR count). The fraction of sp³-hybridized carbons (Fsp3) is 0.417. The van der Waals surface area contributed by atoms with Crippen LogP contribution in [0, 0.1) is 0 Å². The van der Waals surface area contributed by atoms with E-state index in [1.165, 1.54) is 5.56 Å². The Labute approximate surface area is 94.0 Å². The monoisotopic (exact) mass is 218 g/mol. The van der Waals surface area contributed by atoms with Crippen molar-refractivity contribution >= 4 is 11.6 Å². The van der Waals surface area contributed by atoms with Crippen LogP contribution in [0.1, 0.15) is 19.4 Å². The average molecular weight is 218 g/mol. The third-order valence-electron chi connectivity index (χ3n) is 3.25. The molecule has 2 aliphatic rings. The van der Waals surface area contributed by atoms with Gasteiger partial charge in [-0.05, 0) is 31.5 Å². The van der Waals surface area contributed by atoms with Gasteiger partial charge in [-0.3, -0.25) is 4.79 Å². The lowest BCUT2D eigenvalue weighted by Crippen LogP contribution is -2.34. The Hall–Kier alpha value is -1.55. The lowest BCUT2D eigenvalue weighted by Gasteiger charge is -2.24. The molecule has 0 spiro atoms. The highest BCUT2D eigenvalue weighted by Crippen LogP contribution is 2.37. The second kappa shape index (κ2) is 2.98. The maximum atomic E-state index is 11.5. The van der Waals surface area contributed by atoms with Gasteiger partial charge >= 0.3 is 0 Å². The van der Waals surface area contributed by atoms with E-state index in [1.807, 2.05) is 18.2 Å². The molecule has 2 heterocycles. The number of hydrogen-bond acceptors (Lipinski definition) is 3. The van der Waals surface area contributed by atoms with Crippen LogP contribution in [0.15, 0.2) is 18.2 Å². The molecule has 2 aliphatic heterocycles. The van der Waals surface area contributed by atoms with E-state index in [4.69, 9.17) is 4.74 Å². The topological polar surface area (TPSA) is 60.3 Å². The number of hydrogen-bond donors (Lipinski definition) is 2. The van der Waals surface area contributed by atoms with E-state index in [9.17, 15) is 4.79 Å². The quantitative estimate of drug-likeness (QED) is 0.697. The Morgan fingerprint density at radius 1 is 1.50 bits per heavy atom. The zero-order chi connectivity index (χ0) is 11.3. The number of rotatable bonds is 1. The standard InChI is InChI=1S/C12H14N2O2/c1-7-11(15)14-9-5-8(12(2)6-13-12)3-4-10(9)16-7/h3-5,7,13H,6H2,1-2H3,(H,14,15). The van der Waals surface area contributed by atoms with E-state index in [1.54, 1.807) is 6.92 Å². The lowest BCUT2D eigenvalue weighted by atomic mass is 10.00. The molecular weight excluding hydrogens is 204 g/mol. The number of amides is 1. The zero-order valence-electron chi connectivity index (χ0n) is 9.33. The second-order valence-electron chi connectivity index (χ2n) is 4.65. The van der Waals surface area contributed by atoms with Crippen LogP contribution in [-0.2, 0) is 10.3 Å². The van der Waals surface area contributed by atoms with Crippen LogP contribution >= 0.6 is 0 Å². The first kappa shape index (κ1) is 9.66. The highest BCUT2D eigenvalue weighted by atomic mass is 16.5. The van der Waals surface area contributed by atoms with Gasteiger partial charge < -0.3 is 15.4 Å². The molecule has 1 fully saturated rings. The fourth-order valence-corrected chi connectivity index (χ4v) is 1.89. The summed E-state index contributed by atoms with van der Waals surface area (Å²) in [6.45, 7) is 4.87. The van der Waals surface area contributed by atoms with E-state index in [0.717, 1.165) is 18.0 Å². The first-order valence-corrected chi connectivity index (χ1v) is 5.46. The smallest absolute Gasteiger partial charge is 0.265 e. The highest BCUT2D eigenvalue weighted by molar-refractivity contribution is 5.97. The molecule has 0 radical (unpaired) electrons. The third kappa shape index (κ3) is 1.38. The molecule has 84 valence electrons. The molecule has 1 saturated heterocycles. The van der Waals surface area contributed by atoms with Crippen molar-refractivity contribution in [3.63, 3.8) is 0 Å². The summed E-state index contributed by atoms with van der Waals surface area (Å²) in [5.74, 6) is 0.665. The number of benzene rings is 1. The summed E-state index contributed by atoms with van der Waals surface area (Å²) in [4.78, 5) is 11.5. The van der Waals surface area contributed by atoms with Gasteiger partial charge in [0.25, 0.3) is 5.91 Å². The number of fused-ring (bicyclic) bond motifs is 1. The molecule has 16 heavy (non-hydrogen) atoms. The molecule has 2 N–H and O–H groups in total. The Kier molecular flexibility index (Phi) is 1.80. The summed E-state index contributed by atoms with van der Waals surface area (Å²) in [7, 11) is 0. The molecule has 0 saturated carbocycles. The first-order valence-electron chi connectivity index (χ1n) is 5.46. The van der Waals surface area contributed by atoms with Gasteiger partial charge in [-0.15, -0.1) is 0 Å². The predicted octanol–water partition coefficient (Wildman–Crippen LogP) is 1.22. The molecule has 0 aliphatic carbocycles. The van der Waals surface area contributed by atoms with Crippen molar-refractivity contribution in [3.05, 3.63) is 23.8 Å². The molecular formula is C12H14N2O2. The maximum absolute atomic E-state index is 11.5. The van der Waals surface area contributed by atoms with Crippen molar-refractivity contribution in [2.24, 2.45) is 0 Å². The van der Waals surface area contributed by atoms with E-state index < -0.39 is 6.10 Å². The minimum Gasteiger partial charge on any atom is -0.479 e. The van der Waals surface area contributed by atoms with E-state index in [2.05, 4.69) is 17.6 Å². The molecule has 4 heteroatoms. The first-order chi connectivity index (χ1) is 7.58. The number of carbonyl (C=O) groups excluding carboxylic acids is 1. The van der Waals surface area contributed by atoms with Gasteiger partial charge in [0.15, 0.2) is 6.10 Å². The van der Waals surface area contributed by atoms with Gasteiger partial charge in [-0.25, -0.2) is 0 Å². The summed E-state index contributed by atoms with van der Waals surface area (Å²) < 4.78 is 5.50. The van der Waals surface area contributed by atoms with Crippen molar-refractivity contribution < 1.29 is 9.53 Å². The van der Waals surface area contributed by atoms with E-state index in [-0.39, 0.29) is 11.4 Å². The Bertz CT molecular complexity index is 466. The highest BCUT2D eigenvalue weighted by Gasteiger charge is 2.39. The lowest BCUT2D eigenvalue weighted by molar-refractivity contribution is -0.122. The fourth-order valence-electron chi connectivity index (χ4n) is 1.89. The van der Waals surface area contributed by atoms with Crippen molar-refractivity contribution in [1.82, 2.24) is 5.32 Å². The number of carbonyl (C=O) groups is 1. The van der Waals surface area contributed by atoms with E-state index in [0.29, 0.717) is 0 Å². The van der Waals surface area contributed by atoms with E-state index >= 15 is 0 Å². The van der Waals surface area contributed by atoms with Crippen LogP contribution < -0.4 is 15.4 Å². The van der Waals surface area contributed by atoms with Crippen LogP contribution in [0.5, 0.6) is 5.75 Å². The minimum absolute atomic E-state index is 0.0722. The Morgan fingerprint density at radius 3 is 2.94 bits per heavy atom. The molecule has 1 aromatic rings. The van der Waals surface area contributed by atoms with Crippen LogP contribution in [0.2, 0.25) is 0 Å². The second-order valence-corrected chi connectivity index (χ2v) is 4.65. The van der Waals surface area contributed by atoms with Crippen molar-refractivity contribution in [3.8, 4) is 5.75 Å². The number of nitrogens with one attached hydrogen (secondary N) is 2. The summed E-state index contributed by atoms with van der Waals surface area (Å²) >= 11 is 0. The van der Waals surface area contributed by atoms with Crippen LogP contribution in [-0.4, -0.2) is 18.6 Å². The van der Waals surface area contributed by atoms with Gasteiger partial charge in [0.1, 0.15) is 5.75 Å². The van der Waals surface area contributed by atoms with Crippen molar-refractivity contribution in [2.75, 3.05) is 11.9 Å². The van der Waals surface area contributed by atoms with Crippen LogP contribution in [0.3, 0.4) is 0 Å². The molecule has 2 unspecified atom stereocenters. The predicted molar refractivity (Wildman–Crippen MR) is 60.5 cm³/mol. The van der Waals surface area contributed by atoms with Crippen LogP contribution in [0.25, 0.3) is 0 Å². The third-order valence-corrected chi connectivity index (χ3v) is 3.25. The normalized spacial score (nSPS) is 31.4. The molecule has 2 atom stereocenters. The minimum atomic E-state index is -0.409. The maximum Gasteiger partial charge on any atom is 0.265 e. The summed E-state index contributed by atoms with van der Waals surface area (Å²) in [6.07, 6.45) is -0.409. The van der Waals surface area contributed by atoms with Gasteiger partial charge in [0.2, 0.25) is 0 Å². The Balaban J connectivity index is 1.99. The molecule has 0 bridgehead atoms. The summed E-state index contributed by atoms with van der Waals surface area (Å²) in [5, 5.41) is 6.16. The molecule has 1 amide bonds. The van der Waals surface area contributed by atoms with Crippen LogP contribution in [0.4, 0.5) is 5.69 Å². The van der Waals surface area contributed by atoms with Gasteiger partial charge in [0, 0.05) is 6.54 Å². The molecule has 1 aromatic carbocycles. The van der Waals surface area contributed by atoms with Crippen molar-refractivity contribution in [2.45, 2.75) is 25.5 Å². The van der Waals surface area contributed by atoms with Gasteiger partial charge in [0.05, 0.1) is 11.2 Å². The molecule has 0 aromatic heterocycles. The van der Waals surface area contributed by atoms with Gasteiger partial charge in [-0.2, -0.15) is 0 Å². The Morgan fingerprint density at radius 2 is 2.25 bits per heavy atom. The average Bonchev–Trinajstić information content (AvgIpc) is 2.99. The number of anilines is 1. The molecule has 4 nitrogen and oxygen atoms in total. The number of ether oxygens (including phenoxy) is 1. The summed E-state index contributed by atoms with van der Waals surface area (Å²) in [6, 6.07) is 5.95. The SMILES string of the molecule is CC1Oc2ccc(C3(C)CN3)cc2NC1=O. The van der Waals surface area contributed by atoms with Crippen molar-refractivity contribution in [1.29, 1.82) is 0 Å². The summed E-state index contributed by atoms with van der Waals surface area (Å²) in [5.41, 5.74) is 2.03.